The summed E-state index contributed by atoms with van der Waals surface area (Å²) >= 11 is 0. The van der Waals surface area contributed by atoms with Crippen molar-refractivity contribution in [2.45, 2.75) is 51.9 Å². The summed E-state index contributed by atoms with van der Waals surface area (Å²) in [6, 6.07) is 8.51. The van der Waals surface area contributed by atoms with Gasteiger partial charge in [0.2, 0.25) is 11.8 Å². The molecule has 0 aliphatic carbocycles. The van der Waals surface area contributed by atoms with Crippen LogP contribution in [0.15, 0.2) is 30.3 Å². The highest BCUT2D eigenvalue weighted by Gasteiger charge is 2.31. The van der Waals surface area contributed by atoms with Gasteiger partial charge in [0.25, 0.3) is 0 Å². The summed E-state index contributed by atoms with van der Waals surface area (Å²) in [6.45, 7) is 5.39. The molecule has 0 unspecified atom stereocenters. The molecule has 2 rings (SSSR count). The molecule has 1 fully saturated rings. The molecule has 0 radical (unpaired) electrons. The molecule has 1 aromatic rings. The quantitative estimate of drug-likeness (QED) is 0.511. The third-order valence-corrected chi connectivity index (χ3v) is 4.55. The molecule has 1 aliphatic rings. The molecule has 31 heavy (non-hydrogen) atoms. The largest absolute Gasteiger partial charge is 0.444 e. The minimum atomic E-state index is -0.891. The van der Waals surface area contributed by atoms with Gasteiger partial charge in [-0.3, -0.25) is 14.4 Å². The van der Waals surface area contributed by atoms with Crippen molar-refractivity contribution >= 4 is 23.7 Å². The Labute approximate surface area is 182 Å². The van der Waals surface area contributed by atoms with E-state index in [1.54, 1.807) is 20.8 Å². The fourth-order valence-electron chi connectivity index (χ4n) is 3.08. The SMILES string of the molecule is CC(C)(C)OC(=O)NCC(=O)N[C@@H](C[C@@H]1CCNC1=O)C(=O)COCc1ccccc1. The number of amides is 3. The number of carbonyl (C=O) groups is 4. The molecule has 3 N–H and O–H groups in total. The number of hydrogen-bond donors (Lipinski definition) is 3. The lowest BCUT2D eigenvalue weighted by Gasteiger charge is -2.21. The molecule has 1 aromatic carbocycles. The zero-order chi connectivity index (χ0) is 22.9. The normalized spacial score (nSPS) is 16.9. The fourth-order valence-corrected chi connectivity index (χ4v) is 3.08. The van der Waals surface area contributed by atoms with Gasteiger partial charge in [0.05, 0.1) is 12.6 Å². The van der Waals surface area contributed by atoms with Gasteiger partial charge in [-0.1, -0.05) is 30.3 Å². The van der Waals surface area contributed by atoms with E-state index in [9.17, 15) is 19.2 Å². The molecular weight excluding hydrogens is 402 g/mol. The minimum Gasteiger partial charge on any atom is -0.444 e. The molecule has 1 aliphatic heterocycles. The highest BCUT2D eigenvalue weighted by Crippen LogP contribution is 2.17. The van der Waals surface area contributed by atoms with Crippen molar-refractivity contribution in [2.75, 3.05) is 19.7 Å². The second-order valence-electron chi connectivity index (χ2n) is 8.43. The Bertz CT molecular complexity index is 775. The van der Waals surface area contributed by atoms with Crippen LogP contribution in [0, 0.1) is 5.92 Å². The number of benzene rings is 1. The van der Waals surface area contributed by atoms with E-state index in [1.165, 1.54) is 0 Å². The van der Waals surface area contributed by atoms with Crippen LogP contribution in [0.5, 0.6) is 0 Å². The van der Waals surface area contributed by atoms with Crippen LogP contribution in [-0.2, 0) is 30.5 Å². The summed E-state index contributed by atoms with van der Waals surface area (Å²) in [4.78, 5) is 48.7. The highest BCUT2D eigenvalue weighted by molar-refractivity contribution is 5.92. The molecule has 2 atom stereocenters. The molecule has 0 bridgehead atoms. The Morgan fingerprint density at radius 3 is 2.52 bits per heavy atom. The number of Topliss-reactive ketones (excluding diaryl/α,β-unsaturated/α-hetero) is 1. The van der Waals surface area contributed by atoms with Crippen molar-refractivity contribution in [1.29, 1.82) is 0 Å². The van der Waals surface area contributed by atoms with E-state index >= 15 is 0 Å². The lowest BCUT2D eigenvalue weighted by Crippen LogP contribution is -2.48. The predicted molar refractivity (Wildman–Crippen MR) is 113 cm³/mol. The maximum absolute atomic E-state index is 12.7. The Balaban J connectivity index is 1.89. The first-order chi connectivity index (χ1) is 14.6. The highest BCUT2D eigenvalue weighted by atomic mass is 16.6. The summed E-state index contributed by atoms with van der Waals surface area (Å²) < 4.78 is 10.6. The maximum Gasteiger partial charge on any atom is 0.408 e. The van der Waals surface area contributed by atoms with Gasteiger partial charge in [-0.25, -0.2) is 4.79 Å². The molecule has 9 heteroatoms. The van der Waals surface area contributed by atoms with Gasteiger partial charge in [-0.2, -0.15) is 0 Å². The van der Waals surface area contributed by atoms with Crippen LogP contribution in [-0.4, -0.2) is 55.0 Å². The third kappa shape index (κ3) is 9.17. The number of ketones is 1. The zero-order valence-electron chi connectivity index (χ0n) is 18.2. The van der Waals surface area contributed by atoms with Gasteiger partial charge >= 0.3 is 6.09 Å². The molecular formula is C22H31N3O6. The first kappa shape index (κ1) is 24.3. The fraction of sp³-hybridized carbons (Fsp3) is 0.545. The second kappa shape index (κ2) is 11.5. The molecule has 0 spiro atoms. The first-order valence-corrected chi connectivity index (χ1v) is 10.3. The molecule has 9 nitrogen and oxygen atoms in total. The average Bonchev–Trinajstić information content (AvgIpc) is 3.10. The van der Waals surface area contributed by atoms with E-state index in [1.807, 2.05) is 30.3 Å². The van der Waals surface area contributed by atoms with Crippen LogP contribution in [0.4, 0.5) is 4.79 Å². The van der Waals surface area contributed by atoms with Crippen LogP contribution >= 0.6 is 0 Å². The number of carbonyl (C=O) groups excluding carboxylic acids is 4. The molecule has 0 aromatic heterocycles. The van der Waals surface area contributed by atoms with Crippen molar-refractivity contribution in [3.8, 4) is 0 Å². The van der Waals surface area contributed by atoms with Gasteiger partial charge < -0.3 is 25.4 Å². The zero-order valence-corrected chi connectivity index (χ0v) is 18.2. The smallest absolute Gasteiger partial charge is 0.408 e. The number of rotatable bonds is 10. The number of hydrogen-bond acceptors (Lipinski definition) is 6. The number of ether oxygens (including phenoxy) is 2. The summed E-state index contributed by atoms with van der Waals surface area (Å²) in [6.07, 6.45) is 0.0451. The van der Waals surface area contributed by atoms with Crippen molar-refractivity contribution < 1.29 is 28.7 Å². The standard InChI is InChI=1S/C22H31N3O6/c1-22(2,3)31-21(29)24-12-19(27)25-17(11-16-9-10-23-20(16)28)18(26)14-30-13-15-7-5-4-6-8-15/h4-8,16-17H,9-14H2,1-3H3,(H,23,28)(H,24,29)(H,25,27)/t16-,17-/m0/s1. The summed E-state index contributed by atoms with van der Waals surface area (Å²) in [5, 5.41) is 7.69. The van der Waals surface area contributed by atoms with Crippen molar-refractivity contribution in [3.05, 3.63) is 35.9 Å². The van der Waals surface area contributed by atoms with Gasteiger partial charge in [0.1, 0.15) is 18.8 Å². The molecule has 3 amide bonds. The molecule has 1 heterocycles. The molecule has 170 valence electrons. The average molecular weight is 434 g/mol. The van der Waals surface area contributed by atoms with Crippen molar-refractivity contribution in [3.63, 3.8) is 0 Å². The van der Waals surface area contributed by atoms with Gasteiger partial charge in [0.15, 0.2) is 5.78 Å². The van der Waals surface area contributed by atoms with Crippen LogP contribution < -0.4 is 16.0 Å². The number of nitrogens with one attached hydrogen (secondary N) is 3. The Hall–Kier alpha value is -2.94. The summed E-state index contributed by atoms with van der Waals surface area (Å²) in [5.74, 6) is -1.38. The van der Waals surface area contributed by atoms with Crippen LogP contribution in [0.1, 0.15) is 39.2 Å². The van der Waals surface area contributed by atoms with E-state index < -0.39 is 23.6 Å². The maximum atomic E-state index is 12.7. The van der Waals surface area contributed by atoms with Crippen LogP contribution in [0.3, 0.4) is 0 Å². The van der Waals surface area contributed by atoms with Crippen molar-refractivity contribution in [1.82, 2.24) is 16.0 Å². The number of alkyl carbamates (subject to hydrolysis) is 1. The van der Waals surface area contributed by atoms with Crippen LogP contribution in [0.2, 0.25) is 0 Å². The van der Waals surface area contributed by atoms with E-state index in [4.69, 9.17) is 9.47 Å². The minimum absolute atomic E-state index is 0.135. The van der Waals surface area contributed by atoms with E-state index in [0.29, 0.717) is 13.0 Å². The monoisotopic (exact) mass is 433 g/mol. The topological polar surface area (TPSA) is 123 Å². The third-order valence-electron chi connectivity index (χ3n) is 4.55. The van der Waals surface area contributed by atoms with E-state index in [-0.39, 0.29) is 43.8 Å². The first-order valence-electron chi connectivity index (χ1n) is 10.3. The Morgan fingerprint density at radius 2 is 1.90 bits per heavy atom. The lowest BCUT2D eigenvalue weighted by molar-refractivity contribution is -0.131. The second-order valence-corrected chi connectivity index (χ2v) is 8.43. The molecule has 0 saturated carbocycles. The predicted octanol–water partition coefficient (Wildman–Crippen LogP) is 1.31. The van der Waals surface area contributed by atoms with Gasteiger partial charge in [0, 0.05) is 12.5 Å². The van der Waals surface area contributed by atoms with E-state index in [2.05, 4.69) is 16.0 Å². The Kier molecular flexibility index (Phi) is 8.99. The van der Waals surface area contributed by atoms with E-state index in [0.717, 1.165) is 5.56 Å². The van der Waals surface area contributed by atoms with Gasteiger partial charge in [-0.05, 0) is 39.2 Å². The van der Waals surface area contributed by atoms with Crippen LogP contribution in [0.25, 0.3) is 0 Å². The summed E-state index contributed by atoms with van der Waals surface area (Å²) in [7, 11) is 0. The summed E-state index contributed by atoms with van der Waals surface area (Å²) in [5.41, 5.74) is 0.234. The molecule has 1 saturated heterocycles. The lowest BCUT2D eigenvalue weighted by atomic mass is 9.96. The van der Waals surface area contributed by atoms with Crippen molar-refractivity contribution in [2.24, 2.45) is 5.92 Å². The Morgan fingerprint density at radius 1 is 1.19 bits per heavy atom. The van der Waals surface area contributed by atoms with Gasteiger partial charge in [-0.15, -0.1) is 0 Å².